The number of imidazole rings is 1. The SMILES string of the molecule is Cn1c2ccccc2n2c(SC(C(N)=O)c3ccccc3)nnc12. The summed E-state index contributed by atoms with van der Waals surface area (Å²) in [7, 11) is 1.95. The van der Waals surface area contributed by atoms with Crippen molar-refractivity contribution in [3.8, 4) is 0 Å². The zero-order valence-electron chi connectivity index (χ0n) is 13.0. The number of hydrogen-bond donors (Lipinski definition) is 1. The number of benzene rings is 2. The molecule has 2 aromatic heterocycles. The fraction of sp³-hybridized carbons (Fsp3) is 0.118. The molecule has 0 bridgehead atoms. The number of hydrogen-bond acceptors (Lipinski definition) is 4. The van der Waals surface area contributed by atoms with Gasteiger partial charge in [-0.3, -0.25) is 9.20 Å². The van der Waals surface area contributed by atoms with Crippen molar-refractivity contribution in [2.75, 3.05) is 0 Å². The lowest BCUT2D eigenvalue weighted by Gasteiger charge is -2.11. The fourth-order valence-corrected chi connectivity index (χ4v) is 3.83. The highest BCUT2D eigenvalue weighted by atomic mass is 32.2. The first-order valence-corrected chi connectivity index (χ1v) is 8.34. The lowest BCUT2D eigenvalue weighted by Crippen LogP contribution is -2.19. The molecule has 0 saturated carbocycles. The number of nitrogens with two attached hydrogens (primary N) is 1. The summed E-state index contributed by atoms with van der Waals surface area (Å²) in [6, 6.07) is 17.5. The second-order valence-corrected chi connectivity index (χ2v) is 6.55. The van der Waals surface area contributed by atoms with Crippen molar-refractivity contribution in [3.05, 3.63) is 60.2 Å². The van der Waals surface area contributed by atoms with Crippen molar-refractivity contribution in [2.45, 2.75) is 10.4 Å². The van der Waals surface area contributed by atoms with E-state index in [1.54, 1.807) is 0 Å². The van der Waals surface area contributed by atoms with Crippen LogP contribution in [-0.4, -0.2) is 25.1 Å². The molecule has 2 N–H and O–H groups in total. The third kappa shape index (κ3) is 2.25. The maximum atomic E-state index is 12.0. The Morgan fingerprint density at radius 2 is 1.71 bits per heavy atom. The molecule has 1 atom stereocenters. The van der Waals surface area contributed by atoms with Gasteiger partial charge < -0.3 is 10.3 Å². The number of para-hydroxylation sites is 2. The average Bonchev–Trinajstić information content (AvgIpc) is 3.14. The van der Waals surface area contributed by atoms with Gasteiger partial charge >= 0.3 is 0 Å². The summed E-state index contributed by atoms with van der Waals surface area (Å²) in [4.78, 5) is 12.0. The minimum atomic E-state index is -0.516. The first kappa shape index (κ1) is 14.8. The number of thioether (sulfide) groups is 1. The Balaban J connectivity index is 1.85. The summed E-state index contributed by atoms with van der Waals surface area (Å²) in [5.41, 5.74) is 8.53. The van der Waals surface area contributed by atoms with E-state index in [9.17, 15) is 4.79 Å². The minimum absolute atomic E-state index is 0.400. The quantitative estimate of drug-likeness (QED) is 0.581. The number of aromatic nitrogens is 4. The topological polar surface area (TPSA) is 78.2 Å². The zero-order valence-corrected chi connectivity index (χ0v) is 13.8. The molecule has 4 aromatic rings. The van der Waals surface area contributed by atoms with E-state index in [1.165, 1.54) is 11.8 Å². The molecule has 1 unspecified atom stereocenters. The molecule has 0 radical (unpaired) electrons. The van der Waals surface area contributed by atoms with E-state index < -0.39 is 11.2 Å². The smallest absolute Gasteiger partial charge is 0.236 e. The van der Waals surface area contributed by atoms with E-state index in [1.807, 2.05) is 70.6 Å². The van der Waals surface area contributed by atoms with Gasteiger partial charge in [-0.1, -0.05) is 54.2 Å². The molecule has 1 amide bonds. The number of carbonyl (C=O) groups is 1. The fourth-order valence-electron chi connectivity index (χ4n) is 2.83. The Morgan fingerprint density at radius 3 is 2.42 bits per heavy atom. The summed E-state index contributed by atoms with van der Waals surface area (Å²) in [5.74, 6) is 0.332. The van der Waals surface area contributed by atoms with E-state index in [2.05, 4.69) is 10.2 Å². The van der Waals surface area contributed by atoms with Crippen LogP contribution >= 0.6 is 11.8 Å². The third-order valence-corrected chi connectivity index (χ3v) is 5.20. The number of nitrogens with zero attached hydrogens (tertiary/aromatic N) is 4. The van der Waals surface area contributed by atoms with Gasteiger partial charge in [-0.25, -0.2) is 0 Å². The van der Waals surface area contributed by atoms with Crippen molar-refractivity contribution in [2.24, 2.45) is 12.8 Å². The van der Waals surface area contributed by atoms with Gasteiger partial charge in [0.2, 0.25) is 11.7 Å². The first-order chi connectivity index (χ1) is 11.7. The molecule has 0 aliphatic rings. The normalized spacial score (nSPS) is 12.7. The molecular formula is C17H15N5OS. The monoisotopic (exact) mass is 337 g/mol. The number of rotatable bonds is 4. The second-order valence-electron chi connectivity index (χ2n) is 5.48. The summed E-state index contributed by atoms with van der Waals surface area (Å²) < 4.78 is 3.94. The zero-order chi connectivity index (χ0) is 16.7. The van der Waals surface area contributed by atoms with Gasteiger partial charge in [0, 0.05) is 7.05 Å². The molecule has 2 heterocycles. The number of amides is 1. The van der Waals surface area contributed by atoms with Crippen LogP contribution in [0.15, 0.2) is 59.8 Å². The molecule has 0 spiro atoms. The van der Waals surface area contributed by atoms with Crippen molar-refractivity contribution < 1.29 is 4.79 Å². The Hall–Kier alpha value is -2.80. The highest BCUT2D eigenvalue weighted by Gasteiger charge is 2.24. The van der Waals surface area contributed by atoms with Crippen LogP contribution in [0.3, 0.4) is 0 Å². The van der Waals surface area contributed by atoms with E-state index in [0.717, 1.165) is 22.4 Å². The van der Waals surface area contributed by atoms with Crippen molar-refractivity contribution in [1.29, 1.82) is 0 Å². The number of carbonyl (C=O) groups excluding carboxylic acids is 1. The van der Waals surface area contributed by atoms with Crippen LogP contribution in [-0.2, 0) is 11.8 Å². The van der Waals surface area contributed by atoms with Gasteiger partial charge in [-0.05, 0) is 17.7 Å². The van der Waals surface area contributed by atoms with Crippen molar-refractivity contribution >= 4 is 34.5 Å². The Morgan fingerprint density at radius 1 is 1.04 bits per heavy atom. The van der Waals surface area contributed by atoms with Crippen LogP contribution in [0, 0.1) is 0 Å². The van der Waals surface area contributed by atoms with Crippen molar-refractivity contribution in [1.82, 2.24) is 19.2 Å². The number of aryl methyl sites for hydroxylation is 1. The highest BCUT2D eigenvalue weighted by molar-refractivity contribution is 8.00. The van der Waals surface area contributed by atoms with Crippen LogP contribution in [0.1, 0.15) is 10.8 Å². The first-order valence-electron chi connectivity index (χ1n) is 7.46. The second kappa shape index (κ2) is 5.68. The van der Waals surface area contributed by atoms with Crippen LogP contribution in [0.2, 0.25) is 0 Å². The van der Waals surface area contributed by atoms with E-state index in [4.69, 9.17) is 5.73 Å². The molecule has 0 fully saturated rings. The van der Waals surface area contributed by atoms with Crippen LogP contribution in [0.5, 0.6) is 0 Å². The molecule has 0 aliphatic heterocycles. The predicted molar refractivity (Wildman–Crippen MR) is 93.7 cm³/mol. The van der Waals surface area contributed by atoms with Gasteiger partial charge in [0.15, 0.2) is 5.16 Å². The van der Waals surface area contributed by atoms with Crippen molar-refractivity contribution in [3.63, 3.8) is 0 Å². The van der Waals surface area contributed by atoms with Gasteiger partial charge in [0.05, 0.1) is 11.0 Å². The maximum absolute atomic E-state index is 12.0. The Bertz CT molecular complexity index is 1040. The molecule has 0 saturated heterocycles. The summed E-state index contributed by atoms with van der Waals surface area (Å²) >= 11 is 1.32. The average molecular weight is 337 g/mol. The number of fused-ring (bicyclic) bond motifs is 3. The molecule has 24 heavy (non-hydrogen) atoms. The highest BCUT2D eigenvalue weighted by Crippen LogP contribution is 2.35. The lowest BCUT2D eigenvalue weighted by molar-refractivity contribution is -0.117. The largest absolute Gasteiger partial charge is 0.368 e. The molecule has 6 nitrogen and oxygen atoms in total. The van der Waals surface area contributed by atoms with E-state index in [0.29, 0.717) is 5.16 Å². The van der Waals surface area contributed by atoms with Gasteiger partial charge in [0.1, 0.15) is 5.25 Å². The molecule has 4 rings (SSSR count). The third-order valence-electron chi connectivity index (χ3n) is 3.98. The molecule has 2 aromatic carbocycles. The van der Waals surface area contributed by atoms with Crippen LogP contribution < -0.4 is 5.73 Å². The van der Waals surface area contributed by atoms with Gasteiger partial charge in [0.25, 0.3) is 0 Å². The van der Waals surface area contributed by atoms with E-state index in [-0.39, 0.29) is 0 Å². The van der Waals surface area contributed by atoms with Crippen LogP contribution in [0.25, 0.3) is 16.8 Å². The molecular weight excluding hydrogens is 322 g/mol. The summed E-state index contributed by atoms with van der Waals surface area (Å²) in [5, 5.41) is 8.66. The van der Waals surface area contributed by atoms with Gasteiger partial charge in [-0.15, -0.1) is 10.2 Å². The summed E-state index contributed by atoms with van der Waals surface area (Å²) in [6.07, 6.45) is 0. The van der Waals surface area contributed by atoms with Crippen LogP contribution in [0.4, 0.5) is 0 Å². The standard InChI is InChI=1S/C17H15N5OS/c1-21-12-9-5-6-10-13(12)22-16(21)19-20-17(22)24-14(15(18)23)11-7-3-2-4-8-11/h2-10,14H,1H3,(H2,18,23). The number of primary amides is 1. The maximum Gasteiger partial charge on any atom is 0.236 e. The summed E-state index contributed by atoms with van der Waals surface area (Å²) in [6.45, 7) is 0. The molecule has 7 heteroatoms. The molecule has 120 valence electrons. The van der Waals surface area contributed by atoms with E-state index >= 15 is 0 Å². The molecule has 0 aliphatic carbocycles. The Kier molecular flexibility index (Phi) is 3.50. The Labute approximate surface area is 142 Å². The van der Waals surface area contributed by atoms with Gasteiger partial charge in [-0.2, -0.15) is 0 Å². The predicted octanol–water partition coefficient (Wildman–Crippen LogP) is 2.54. The minimum Gasteiger partial charge on any atom is -0.368 e. The lowest BCUT2D eigenvalue weighted by atomic mass is 10.1.